The fourth-order valence-corrected chi connectivity index (χ4v) is 9.20. The standard InChI is InChI=1S/C44H41N3O7/c1-26-14-17-30(18-15-26)45-47-41(50)35-24-33-31(19-20-32-38(33)42(51)46(40(32)49)25-27-10-6-4-7-11-27)34(44(35,43(47)52)29-12-8-5-9-13-29)21-16-28-22-36(53-2)39(48)37(23-28)54-3/h4-19,21-23,32-35,38,45,48H,20,24-25H2,1-3H3. The second-order valence-electron chi connectivity index (χ2n) is 14.5. The van der Waals surface area contributed by atoms with Crippen molar-refractivity contribution >= 4 is 35.4 Å². The number of methoxy groups -OCH3 is 2. The third kappa shape index (κ3) is 5.47. The van der Waals surface area contributed by atoms with Crippen molar-refractivity contribution < 1.29 is 33.8 Å². The van der Waals surface area contributed by atoms with Crippen molar-refractivity contribution in [3.05, 3.63) is 137 Å². The average Bonchev–Trinajstić information content (AvgIpc) is 3.56. The first-order valence-corrected chi connectivity index (χ1v) is 18.2. The van der Waals surface area contributed by atoms with E-state index in [1.54, 1.807) is 12.1 Å². The van der Waals surface area contributed by atoms with Crippen molar-refractivity contribution in [1.29, 1.82) is 0 Å². The van der Waals surface area contributed by atoms with E-state index in [0.717, 1.165) is 21.7 Å². The van der Waals surface area contributed by atoms with Gasteiger partial charge in [0.05, 0.1) is 49.6 Å². The topological polar surface area (TPSA) is 125 Å². The number of hydrogen-bond donors (Lipinski definition) is 2. The SMILES string of the molecule is COc1cc(C=CC2C3=CCC4C(=O)N(Cc5ccccc5)C(=O)C4C3CC3C(=O)N(Nc4ccc(C)cc4)C(=O)C23c2ccccc2)cc(OC)c1O. The van der Waals surface area contributed by atoms with Gasteiger partial charge in [0.2, 0.25) is 17.6 Å². The summed E-state index contributed by atoms with van der Waals surface area (Å²) in [6.07, 6.45) is 6.34. The molecule has 4 aliphatic rings. The molecule has 8 rings (SSSR count). The molecule has 4 aromatic carbocycles. The van der Waals surface area contributed by atoms with Crippen LogP contribution in [0.2, 0.25) is 0 Å². The molecule has 2 heterocycles. The number of nitrogens with zero attached hydrogens (tertiary/aromatic N) is 2. The van der Waals surface area contributed by atoms with Crippen LogP contribution in [0.15, 0.2) is 115 Å². The number of hydrazine groups is 1. The van der Waals surface area contributed by atoms with Crippen LogP contribution >= 0.6 is 0 Å². The molecule has 0 bridgehead atoms. The molecule has 3 fully saturated rings. The maximum absolute atomic E-state index is 15.3. The fourth-order valence-electron chi connectivity index (χ4n) is 9.20. The van der Waals surface area contributed by atoms with Crippen LogP contribution in [0, 0.1) is 36.5 Å². The molecule has 1 saturated carbocycles. The number of aromatic hydroxyl groups is 1. The van der Waals surface area contributed by atoms with Gasteiger partial charge in [0.25, 0.3) is 11.8 Å². The molecule has 0 spiro atoms. The molecule has 4 amide bonds. The first kappa shape index (κ1) is 34.9. The first-order valence-electron chi connectivity index (χ1n) is 18.2. The predicted octanol–water partition coefficient (Wildman–Crippen LogP) is 6.45. The monoisotopic (exact) mass is 723 g/mol. The molecular weight excluding hydrogens is 682 g/mol. The van der Waals surface area contributed by atoms with Gasteiger partial charge in [-0.3, -0.25) is 29.5 Å². The van der Waals surface area contributed by atoms with Gasteiger partial charge in [0.15, 0.2) is 11.5 Å². The number of nitrogens with one attached hydrogen (secondary N) is 1. The summed E-state index contributed by atoms with van der Waals surface area (Å²) >= 11 is 0. The zero-order chi connectivity index (χ0) is 37.7. The summed E-state index contributed by atoms with van der Waals surface area (Å²) in [5, 5.41) is 11.8. The second kappa shape index (κ2) is 13.7. The number of benzene rings is 4. The number of amides is 4. The molecule has 6 unspecified atom stereocenters. The molecule has 10 heteroatoms. The number of anilines is 1. The second-order valence-corrected chi connectivity index (χ2v) is 14.5. The third-order valence-electron chi connectivity index (χ3n) is 11.7. The summed E-state index contributed by atoms with van der Waals surface area (Å²) in [5.41, 5.74) is 6.38. The number of carbonyl (C=O) groups is 4. The smallest absolute Gasteiger partial charge is 0.260 e. The minimum atomic E-state index is -1.39. The third-order valence-corrected chi connectivity index (χ3v) is 11.7. The molecule has 274 valence electrons. The molecule has 10 nitrogen and oxygen atoms in total. The number of imide groups is 2. The Hall–Kier alpha value is -6.16. The van der Waals surface area contributed by atoms with Crippen LogP contribution in [-0.2, 0) is 31.1 Å². The highest BCUT2D eigenvalue weighted by Crippen LogP contribution is 2.61. The number of ether oxygens (including phenoxy) is 2. The average molecular weight is 724 g/mol. The van der Waals surface area contributed by atoms with E-state index in [-0.39, 0.29) is 42.0 Å². The largest absolute Gasteiger partial charge is 0.502 e. The van der Waals surface area contributed by atoms with Gasteiger partial charge in [-0.1, -0.05) is 102 Å². The van der Waals surface area contributed by atoms with E-state index < -0.39 is 46.8 Å². The maximum atomic E-state index is 15.3. The van der Waals surface area contributed by atoms with Gasteiger partial charge < -0.3 is 14.6 Å². The minimum absolute atomic E-state index is 0.143. The van der Waals surface area contributed by atoms with E-state index in [2.05, 4.69) is 5.43 Å². The normalized spacial score (nSPS) is 26.1. The van der Waals surface area contributed by atoms with E-state index in [0.29, 0.717) is 23.2 Å². The van der Waals surface area contributed by atoms with E-state index in [1.165, 1.54) is 19.1 Å². The Balaban J connectivity index is 1.28. The Morgan fingerprint density at radius 2 is 1.48 bits per heavy atom. The zero-order valence-corrected chi connectivity index (χ0v) is 30.3. The lowest BCUT2D eigenvalue weighted by Crippen LogP contribution is -2.54. The summed E-state index contributed by atoms with van der Waals surface area (Å²) in [6.45, 7) is 2.13. The molecular formula is C44H41N3O7. The summed E-state index contributed by atoms with van der Waals surface area (Å²) in [6, 6.07) is 29.6. The minimum Gasteiger partial charge on any atom is -0.502 e. The van der Waals surface area contributed by atoms with Crippen LogP contribution in [0.25, 0.3) is 6.08 Å². The summed E-state index contributed by atoms with van der Waals surface area (Å²) < 4.78 is 10.9. The molecule has 2 aliphatic heterocycles. The first-order chi connectivity index (χ1) is 26.2. The van der Waals surface area contributed by atoms with Crippen molar-refractivity contribution in [2.24, 2.45) is 29.6 Å². The summed E-state index contributed by atoms with van der Waals surface area (Å²) in [5.74, 6) is -4.26. The lowest BCUT2D eigenvalue weighted by Gasteiger charge is -2.49. The van der Waals surface area contributed by atoms with Crippen LogP contribution in [0.1, 0.15) is 35.1 Å². The van der Waals surface area contributed by atoms with Crippen molar-refractivity contribution in [2.75, 3.05) is 19.6 Å². The Kier molecular flexibility index (Phi) is 8.84. The number of hydrogen-bond acceptors (Lipinski definition) is 8. The number of carbonyl (C=O) groups excluding carboxylic acids is 4. The van der Waals surface area contributed by atoms with Crippen LogP contribution < -0.4 is 14.9 Å². The Bertz CT molecular complexity index is 2180. The van der Waals surface area contributed by atoms with Gasteiger partial charge in [-0.25, -0.2) is 0 Å². The van der Waals surface area contributed by atoms with Crippen molar-refractivity contribution in [1.82, 2.24) is 9.91 Å². The molecule has 0 radical (unpaired) electrons. The molecule has 2 N–H and O–H groups in total. The van der Waals surface area contributed by atoms with Crippen LogP contribution in [-0.4, -0.2) is 52.9 Å². The number of aryl methyl sites for hydroxylation is 1. The van der Waals surface area contributed by atoms with E-state index in [1.807, 2.05) is 110 Å². The van der Waals surface area contributed by atoms with Crippen molar-refractivity contribution in [3.8, 4) is 17.2 Å². The summed E-state index contributed by atoms with van der Waals surface area (Å²) in [7, 11) is 2.90. The number of phenolic OH excluding ortho intramolecular Hbond substituents is 1. The van der Waals surface area contributed by atoms with Gasteiger partial charge in [-0.15, -0.1) is 0 Å². The van der Waals surface area contributed by atoms with Gasteiger partial charge >= 0.3 is 0 Å². The highest BCUT2D eigenvalue weighted by molar-refractivity contribution is 6.13. The molecule has 2 aliphatic carbocycles. The molecule has 4 aromatic rings. The van der Waals surface area contributed by atoms with Crippen LogP contribution in [0.4, 0.5) is 5.69 Å². The summed E-state index contributed by atoms with van der Waals surface area (Å²) in [4.78, 5) is 59.8. The highest BCUT2D eigenvalue weighted by atomic mass is 16.5. The maximum Gasteiger partial charge on any atom is 0.260 e. The predicted molar refractivity (Wildman–Crippen MR) is 202 cm³/mol. The van der Waals surface area contributed by atoms with Gasteiger partial charge in [0.1, 0.15) is 0 Å². The van der Waals surface area contributed by atoms with Crippen LogP contribution in [0.5, 0.6) is 17.2 Å². The fraction of sp³-hybridized carbons (Fsp3) is 0.273. The van der Waals surface area contributed by atoms with Crippen LogP contribution in [0.3, 0.4) is 0 Å². The quantitative estimate of drug-likeness (QED) is 0.149. The van der Waals surface area contributed by atoms with E-state index in [4.69, 9.17) is 9.47 Å². The van der Waals surface area contributed by atoms with E-state index >= 15 is 4.79 Å². The molecule has 6 atom stereocenters. The molecule has 54 heavy (non-hydrogen) atoms. The lowest BCUT2D eigenvalue weighted by atomic mass is 9.50. The number of phenols is 1. The Morgan fingerprint density at radius 3 is 2.13 bits per heavy atom. The molecule has 0 aromatic heterocycles. The zero-order valence-electron chi connectivity index (χ0n) is 30.3. The van der Waals surface area contributed by atoms with Gasteiger partial charge in [-0.05, 0) is 66.6 Å². The number of rotatable bonds is 9. The highest BCUT2D eigenvalue weighted by Gasteiger charge is 2.69. The Morgan fingerprint density at radius 1 is 0.833 bits per heavy atom. The van der Waals surface area contributed by atoms with Gasteiger partial charge in [-0.2, -0.15) is 5.01 Å². The van der Waals surface area contributed by atoms with Crippen molar-refractivity contribution in [3.63, 3.8) is 0 Å². The van der Waals surface area contributed by atoms with E-state index in [9.17, 15) is 19.5 Å². The molecule has 2 saturated heterocycles. The lowest BCUT2D eigenvalue weighted by molar-refractivity contribution is -0.142. The Labute approximate surface area is 313 Å². The van der Waals surface area contributed by atoms with Gasteiger partial charge in [0, 0.05) is 5.92 Å². The number of fused-ring (bicyclic) bond motifs is 4. The number of likely N-dealkylation sites (tertiary alicyclic amines) is 1. The van der Waals surface area contributed by atoms with Crippen molar-refractivity contribution in [2.45, 2.75) is 31.7 Å². The number of allylic oxidation sites excluding steroid dienone is 3.